The minimum Gasteiger partial charge on any atom is -0.493 e. The molecule has 4 nitrogen and oxygen atoms in total. The maximum Gasteiger partial charge on any atom is 0.325 e. The van der Waals surface area contributed by atoms with E-state index < -0.39 is 5.54 Å². The molecule has 0 aromatic heterocycles. The molecule has 1 aromatic rings. The first-order valence-corrected chi connectivity index (χ1v) is 7.49. The number of methoxy groups -OCH3 is 1. The Morgan fingerprint density at radius 3 is 2.57 bits per heavy atom. The lowest BCUT2D eigenvalue weighted by atomic mass is 9.98. The fourth-order valence-electron chi connectivity index (χ4n) is 2.33. The summed E-state index contributed by atoms with van der Waals surface area (Å²) < 4.78 is 10.8. The highest BCUT2D eigenvalue weighted by Gasteiger charge is 2.33. The van der Waals surface area contributed by atoms with Crippen LogP contribution in [0.2, 0.25) is 0 Å². The van der Waals surface area contributed by atoms with E-state index in [4.69, 9.17) is 9.47 Å². The molecule has 1 atom stereocenters. The second-order valence-electron chi connectivity index (χ2n) is 5.65. The van der Waals surface area contributed by atoms with Crippen molar-refractivity contribution in [1.82, 2.24) is 5.32 Å². The topological polar surface area (TPSA) is 47.6 Å². The molecule has 1 aromatic carbocycles. The number of ether oxygens (including phenoxy) is 2. The van der Waals surface area contributed by atoms with E-state index in [1.54, 1.807) is 0 Å². The standard InChI is InChI=1S/C17H27NO3/c1-6-18-17(4,16(19)20-5)11-12-21-15-10-8-7-9-14(15)13(2)3/h7-10,13,18H,6,11-12H2,1-5H3. The molecule has 0 bridgehead atoms. The summed E-state index contributed by atoms with van der Waals surface area (Å²) in [4.78, 5) is 11.9. The molecule has 4 heteroatoms. The summed E-state index contributed by atoms with van der Waals surface area (Å²) in [6.45, 7) is 9.26. The fourth-order valence-corrected chi connectivity index (χ4v) is 2.33. The van der Waals surface area contributed by atoms with Crippen LogP contribution in [-0.4, -0.2) is 31.8 Å². The van der Waals surface area contributed by atoms with Gasteiger partial charge in [-0.25, -0.2) is 0 Å². The molecule has 1 N–H and O–H groups in total. The van der Waals surface area contributed by atoms with Crippen LogP contribution in [-0.2, 0) is 9.53 Å². The number of hydrogen-bond donors (Lipinski definition) is 1. The lowest BCUT2D eigenvalue weighted by Crippen LogP contribution is -2.51. The molecule has 0 saturated heterocycles. The Hall–Kier alpha value is -1.55. The number of rotatable bonds is 8. The third-order valence-electron chi connectivity index (χ3n) is 3.60. The molecular weight excluding hydrogens is 266 g/mol. The smallest absolute Gasteiger partial charge is 0.325 e. The summed E-state index contributed by atoms with van der Waals surface area (Å²) in [6.07, 6.45) is 0.555. The monoisotopic (exact) mass is 293 g/mol. The van der Waals surface area contributed by atoms with Gasteiger partial charge < -0.3 is 14.8 Å². The van der Waals surface area contributed by atoms with Crippen LogP contribution in [0.1, 0.15) is 45.6 Å². The average molecular weight is 293 g/mol. The highest BCUT2D eigenvalue weighted by atomic mass is 16.5. The van der Waals surface area contributed by atoms with Gasteiger partial charge in [0.25, 0.3) is 0 Å². The Bertz CT molecular complexity index is 459. The van der Waals surface area contributed by atoms with E-state index in [0.717, 1.165) is 5.75 Å². The third-order valence-corrected chi connectivity index (χ3v) is 3.60. The first kappa shape index (κ1) is 17.5. The van der Waals surface area contributed by atoms with E-state index in [0.29, 0.717) is 25.5 Å². The van der Waals surface area contributed by atoms with Crippen molar-refractivity contribution in [2.75, 3.05) is 20.3 Å². The van der Waals surface area contributed by atoms with Gasteiger partial charge in [0.1, 0.15) is 11.3 Å². The SMILES string of the molecule is CCNC(C)(CCOc1ccccc1C(C)C)C(=O)OC. The van der Waals surface area contributed by atoms with Crippen molar-refractivity contribution in [3.05, 3.63) is 29.8 Å². The zero-order valence-electron chi connectivity index (χ0n) is 13.7. The van der Waals surface area contributed by atoms with E-state index in [9.17, 15) is 4.79 Å². The van der Waals surface area contributed by atoms with Crippen molar-refractivity contribution in [1.29, 1.82) is 0 Å². The van der Waals surface area contributed by atoms with Crippen LogP contribution in [0, 0.1) is 0 Å². The van der Waals surface area contributed by atoms with Gasteiger partial charge in [-0.3, -0.25) is 4.79 Å². The van der Waals surface area contributed by atoms with Crippen molar-refractivity contribution < 1.29 is 14.3 Å². The van der Waals surface area contributed by atoms with Crippen molar-refractivity contribution in [2.45, 2.75) is 45.6 Å². The van der Waals surface area contributed by atoms with Gasteiger partial charge >= 0.3 is 5.97 Å². The van der Waals surface area contributed by atoms with Gasteiger partial charge in [0.2, 0.25) is 0 Å². The molecule has 0 amide bonds. The molecule has 1 unspecified atom stereocenters. The van der Waals surface area contributed by atoms with Gasteiger partial charge in [-0.1, -0.05) is 39.0 Å². The van der Waals surface area contributed by atoms with Gasteiger partial charge in [-0.15, -0.1) is 0 Å². The number of benzene rings is 1. The lowest BCUT2D eigenvalue weighted by Gasteiger charge is -2.27. The number of para-hydroxylation sites is 1. The Morgan fingerprint density at radius 2 is 2.00 bits per heavy atom. The summed E-state index contributed by atoms with van der Waals surface area (Å²) in [7, 11) is 1.41. The first-order valence-electron chi connectivity index (χ1n) is 7.49. The fraction of sp³-hybridized carbons (Fsp3) is 0.588. The molecule has 0 saturated carbocycles. The lowest BCUT2D eigenvalue weighted by molar-refractivity contribution is -0.148. The second-order valence-corrected chi connectivity index (χ2v) is 5.65. The number of carbonyl (C=O) groups excluding carboxylic acids is 1. The Kier molecular flexibility index (Phi) is 6.69. The maximum absolute atomic E-state index is 11.9. The molecule has 0 heterocycles. The molecule has 0 aliphatic heterocycles. The van der Waals surface area contributed by atoms with Crippen LogP contribution >= 0.6 is 0 Å². The molecule has 21 heavy (non-hydrogen) atoms. The van der Waals surface area contributed by atoms with Crippen molar-refractivity contribution in [3.8, 4) is 5.75 Å². The predicted molar refractivity (Wildman–Crippen MR) is 84.7 cm³/mol. The first-order chi connectivity index (χ1) is 9.94. The van der Waals surface area contributed by atoms with Crippen LogP contribution in [0.15, 0.2) is 24.3 Å². The van der Waals surface area contributed by atoms with E-state index in [1.165, 1.54) is 12.7 Å². The van der Waals surface area contributed by atoms with Gasteiger partial charge in [-0.2, -0.15) is 0 Å². The zero-order chi connectivity index (χ0) is 15.9. The van der Waals surface area contributed by atoms with Gasteiger partial charge in [0.05, 0.1) is 13.7 Å². The minimum absolute atomic E-state index is 0.259. The number of hydrogen-bond acceptors (Lipinski definition) is 4. The number of carbonyl (C=O) groups is 1. The second kappa shape index (κ2) is 8.03. The van der Waals surface area contributed by atoms with Crippen LogP contribution in [0.4, 0.5) is 0 Å². The van der Waals surface area contributed by atoms with Gasteiger partial charge in [-0.05, 0) is 31.0 Å². The van der Waals surface area contributed by atoms with E-state index in [1.807, 2.05) is 32.0 Å². The largest absolute Gasteiger partial charge is 0.493 e. The molecule has 0 radical (unpaired) electrons. The molecule has 118 valence electrons. The van der Waals surface area contributed by atoms with Crippen LogP contribution < -0.4 is 10.1 Å². The van der Waals surface area contributed by atoms with Crippen molar-refractivity contribution in [3.63, 3.8) is 0 Å². The highest BCUT2D eigenvalue weighted by molar-refractivity contribution is 5.80. The van der Waals surface area contributed by atoms with Crippen molar-refractivity contribution >= 4 is 5.97 Å². The van der Waals surface area contributed by atoms with Crippen LogP contribution in [0.25, 0.3) is 0 Å². The minimum atomic E-state index is -0.712. The number of likely N-dealkylation sites (N-methyl/N-ethyl adjacent to an activating group) is 1. The molecule has 0 fully saturated rings. The number of esters is 1. The molecule has 0 aliphatic rings. The van der Waals surface area contributed by atoms with E-state index >= 15 is 0 Å². The number of nitrogens with one attached hydrogen (secondary N) is 1. The predicted octanol–water partition coefficient (Wildman–Crippen LogP) is 3.12. The Balaban J connectivity index is 2.69. The summed E-state index contributed by atoms with van der Waals surface area (Å²) in [6, 6.07) is 8.02. The van der Waals surface area contributed by atoms with Crippen LogP contribution in [0.5, 0.6) is 5.75 Å². The average Bonchev–Trinajstić information content (AvgIpc) is 2.47. The summed E-state index contributed by atoms with van der Waals surface area (Å²) in [5, 5.41) is 3.18. The van der Waals surface area contributed by atoms with Gasteiger partial charge in [0.15, 0.2) is 0 Å². The molecule has 0 spiro atoms. The summed E-state index contributed by atoms with van der Waals surface area (Å²) in [5.41, 5.74) is 0.469. The summed E-state index contributed by atoms with van der Waals surface area (Å²) in [5.74, 6) is 1.03. The summed E-state index contributed by atoms with van der Waals surface area (Å²) >= 11 is 0. The van der Waals surface area contributed by atoms with Gasteiger partial charge in [0, 0.05) is 6.42 Å². The van der Waals surface area contributed by atoms with Crippen LogP contribution in [0.3, 0.4) is 0 Å². The quantitative estimate of drug-likeness (QED) is 0.748. The molecular formula is C17H27NO3. The van der Waals surface area contributed by atoms with E-state index in [2.05, 4.69) is 25.2 Å². The molecule has 0 aliphatic carbocycles. The van der Waals surface area contributed by atoms with Crippen molar-refractivity contribution in [2.24, 2.45) is 0 Å². The highest BCUT2D eigenvalue weighted by Crippen LogP contribution is 2.26. The normalized spacial score (nSPS) is 13.8. The molecule has 1 rings (SSSR count). The Morgan fingerprint density at radius 1 is 1.33 bits per heavy atom. The van der Waals surface area contributed by atoms with E-state index in [-0.39, 0.29) is 5.97 Å². The third kappa shape index (κ3) is 4.74. The Labute approximate surface area is 127 Å². The maximum atomic E-state index is 11.9. The zero-order valence-corrected chi connectivity index (χ0v) is 13.7.